The number of fused-ring (bicyclic) bond motifs is 1. The van der Waals surface area contributed by atoms with Crippen molar-refractivity contribution in [1.82, 2.24) is 0 Å². The molecular weight excluding hydrogens is 228 g/mol. The summed E-state index contributed by atoms with van der Waals surface area (Å²) in [6, 6.07) is 1.19. The summed E-state index contributed by atoms with van der Waals surface area (Å²) in [7, 11) is 0. The van der Waals surface area contributed by atoms with Gasteiger partial charge in [-0.1, -0.05) is 0 Å². The van der Waals surface area contributed by atoms with Crippen molar-refractivity contribution in [2.45, 2.75) is 12.8 Å². The summed E-state index contributed by atoms with van der Waals surface area (Å²) in [6.45, 7) is 0. The Morgan fingerprint density at radius 1 is 1.24 bits per heavy atom. The highest BCUT2D eigenvalue weighted by atomic mass is 16.4. The highest BCUT2D eigenvalue weighted by molar-refractivity contribution is 5.84. The topological polar surface area (TPSA) is 111 Å². The Kier molecular flexibility index (Phi) is 2.55. The minimum atomic E-state index is -1.00. The minimum absolute atomic E-state index is 0.0587. The van der Waals surface area contributed by atoms with Gasteiger partial charge in [0, 0.05) is 12.0 Å². The molecule has 0 radical (unpaired) electrons. The van der Waals surface area contributed by atoms with Gasteiger partial charge in [0.1, 0.15) is 12.0 Å². The van der Waals surface area contributed by atoms with Crippen LogP contribution in [0.15, 0.2) is 16.7 Å². The maximum atomic E-state index is 10.5. The van der Waals surface area contributed by atoms with Crippen LogP contribution in [0.2, 0.25) is 0 Å². The molecule has 2 rings (SSSR count). The molecule has 4 N–H and O–H groups in total. The molecular formula is C11H10O6. The molecule has 0 fully saturated rings. The Balaban J connectivity index is 2.50. The molecule has 1 aliphatic heterocycles. The van der Waals surface area contributed by atoms with E-state index >= 15 is 0 Å². The molecule has 1 heterocycles. The van der Waals surface area contributed by atoms with E-state index in [2.05, 4.69) is 0 Å². The van der Waals surface area contributed by atoms with Gasteiger partial charge in [-0.05, 0) is 6.07 Å². The Morgan fingerprint density at radius 2 is 1.94 bits per heavy atom. The van der Waals surface area contributed by atoms with Crippen molar-refractivity contribution in [3.63, 3.8) is 0 Å². The molecule has 0 unspecified atom stereocenters. The zero-order valence-corrected chi connectivity index (χ0v) is 8.67. The number of hydrogen-bond donors (Lipinski definition) is 4. The smallest absolute Gasteiger partial charge is 0.303 e. The van der Waals surface area contributed by atoms with Gasteiger partial charge in [0.2, 0.25) is 0 Å². The third-order valence-corrected chi connectivity index (χ3v) is 2.46. The van der Waals surface area contributed by atoms with Gasteiger partial charge in [0.15, 0.2) is 17.2 Å². The molecule has 1 aliphatic carbocycles. The molecule has 0 saturated carbocycles. The van der Waals surface area contributed by atoms with Crippen molar-refractivity contribution in [2.24, 2.45) is 0 Å². The number of rotatable bonds is 3. The Labute approximate surface area is 95.7 Å². The van der Waals surface area contributed by atoms with Crippen LogP contribution in [0.3, 0.4) is 0 Å². The third-order valence-electron chi connectivity index (χ3n) is 2.46. The summed E-state index contributed by atoms with van der Waals surface area (Å²) in [5.41, 5.74) is 0.371. The molecule has 0 saturated heterocycles. The second kappa shape index (κ2) is 3.89. The van der Waals surface area contributed by atoms with E-state index in [4.69, 9.17) is 9.52 Å². The summed E-state index contributed by atoms with van der Waals surface area (Å²) in [6.07, 6.45) is 0.927. The monoisotopic (exact) mass is 238 g/mol. The largest absolute Gasteiger partial charge is 0.504 e. The SMILES string of the molecule is O=C(O)CCc1occ(O)c2cc(O)c(O)c1-2. The zero-order chi connectivity index (χ0) is 12.6. The first-order chi connectivity index (χ1) is 8.00. The summed E-state index contributed by atoms with van der Waals surface area (Å²) in [4.78, 5) is 10.5. The average molecular weight is 238 g/mol. The fourth-order valence-corrected chi connectivity index (χ4v) is 1.67. The van der Waals surface area contributed by atoms with E-state index in [-0.39, 0.29) is 41.2 Å². The number of carboxylic acids is 1. The van der Waals surface area contributed by atoms with Crippen LogP contribution < -0.4 is 0 Å². The summed E-state index contributed by atoms with van der Waals surface area (Å²) in [5, 5.41) is 37.0. The highest BCUT2D eigenvalue weighted by Crippen LogP contribution is 2.48. The van der Waals surface area contributed by atoms with Gasteiger partial charge < -0.3 is 24.8 Å². The average Bonchev–Trinajstić information content (AvgIpc) is 2.56. The molecule has 0 aromatic carbocycles. The lowest BCUT2D eigenvalue weighted by atomic mass is 10.1. The van der Waals surface area contributed by atoms with Crippen molar-refractivity contribution in [2.75, 3.05) is 0 Å². The highest BCUT2D eigenvalue weighted by Gasteiger charge is 2.24. The molecule has 0 aromatic rings. The van der Waals surface area contributed by atoms with Crippen LogP contribution in [-0.2, 0) is 11.2 Å². The van der Waals surface area contributed by atoms with Crippen LogP contribution in [0, 0.1) is 0 Å². The van der Waals surface area contributed by atoms with Crippen molar-refractivity contribution in [1.29, 1.82) is 0 Å². The molecule has 0 bridgehead atoms. The Morgan fingerprint density at radius 3 is 2.59 bits per heavy atom. The molecule has 0 spiro atoms. The molecule has 17 heavy (non-hydrogen) atoms. The van der Waals surface area contributed by atoms with Gasteiger partial charge in [0.25, 0.3) is 0 Å². The maximum Gasteiger partial charge on any atom is 0.303 e. The van der Waals surface area contributed by atoms with Gasteiger partial charge in [-0.3, -0.25) is 4.79 Å². The maximum absolute atomic E-state index is 10.5. The number of carbonyl (C=O) groups is 1. The first kappa shape index (κ1) is 11.1. The lowest BCUT2D eigenvalue weighted by molar-refractivity contribution is -0.137. The van der Waals surface area contributed by atoms with Crippen LogP contribution in [0.25, 0.3) is 11.1 Å². The number of hydrogen-bond acceptors (Lipinski definition) is 5. The number of aliphatic carboxylic acids is 1. The van der Waals surface area contributed by atoms with Gasteiger partial charge in [0.05, 0.1) is 12.0 Å². The molecule has 6 nitrogen and oxygen atoms in total. The van der Waals surface area contributed by atoms with Crippen LogP contribution in [0.4, 0.5) is 0 Å². The molecule has 6 heteroatoms. The number of carboxylic acid groups (broad SMARTS) is 1. The van der Waals surface area contributed by atoms with Crippen LogP contribution in [0.1, 0.15) is 12.2 Å². The van der Waals surface area contributed by atoms with Crippen molar-refractivity contribution in [3.05, 3.63) is 18.1 Å². The van der Waals surface area contributed by atoms with Crippen molar-refractivity contribution in [3.8, 4) is 28.4 Å². The van der Waals surface area contributed by atoms with E-state index < -0.39 is 11.7 Å². The first-order valence-corrected chi connectivity index (χ1v) is 4.86. The molecule has 2 aliphatic rings. The summed E-state index contributed by atoms with van der Waals surface area (Å²) < 4.78 is 5.03. The first-order valence-electron chi connectivity index (χ1n) is 4.86. The van der Waals surface area contributed by atoms with Crippen LogP contribution in [0.5, 0.6) is 17.2 Å². The lowest BCUT2D eigenvalue weighted by Gasteiger charge is -2.07. The quantitative estimate of drug-likeness (QED) is 0.645. The van der Waals surface area contributed by atoms with Crippen LogP contribution in [-0.4, -0.2) is 26.4 Å². The Bertz CT molecular complexity index is 542. The standard InChI is InChI=1S/C11H10O6/c12-6-3-5-7(13)4-17-8(1-2-9(14)15)10(5)11(6)16/h3-4,12-13,16H,1-2H2,(H,14,15). The fourth-order valence-electron chi connectivity index (χ4n) is 1.67. The van der Waals surface area contributed by atoms with E-state index in [1.807, 2.05) is 0 Å². The number of aromatic hydroxyl groups is 3. The predicted molar refractivity (Wildman–Crippen MR) is 56.3 cm³/mol. The zero-order valence-electron chi connectivity index (χ0n) is 8.67. The minimum Gasteiger partial charge on any atom is -0.504 e. The predicted octanol–water partition coefficient (Wildman–Crippen LogP) is 1.52. The normalized spacial score (nSPS) is 10.8. The van der Waals surface area contributed by atoms with E-state index in [1.165, 1.54) is 6.07 Å². The third kappa shape index (κ3) is 1.84. The molecule has 0 aromatic heterocycles. The van der Waals surface area contributed by atoms with E-state index in [0.29, 0.717) is 0 Å². The van der Waals surface area contributed by atoms with Gasteiger partial charge in [-0.25, -0.2) is 0 Å². The van der Waals surface area contributed by atoms with E-state index in [9.17, 15) is 20.1 Å². The van der Waals surface area contributed by atoms with Gasteiger partial charge in [-0.15, -0.1) is 0 Å². The number of aryl methyl sites for hydroxylation is 1. The van der Waals surface area contributed by atoms with E-state index in [1.54, 1.807) is 0 Å². The van der Waals surface area contributed by atoms with Gasteiger partial charge >= 0.3 is 5.97 Å². The van der Waals surface area contributed by atoms with Gasteiger partial charge in [-0.2, -0.15) is 0 Å². The van der Waals surface area contributed by atoms with Crippen molar-refractivity contribution >= 4 is 5.97 Å². The molecule has 0 amide bonds. The summed E-state index contributed by atoms with van der Waals surface area (Å²) in [5.74, 6) is -1.82. The molecule has 0 atom stereocenters. The molecule has 90 valence electrons. The lowest BCUT2D eigenvalue weighted by Crippen LogP contribution is -1.98. The van der Waals surface area contributed by atoms with E-state index in [0.717, 1.165) is 6.26 Å². The second-order valence-electron chi connectivity index (χ2n) is 3.60. The second-order valence-corrected chi connectivity index (χ2v) is 3.60. The Hall–Kier alpha value is -2.37. The summed E-state index contributed by atoms with van der Waals surface area (Å²) >= 11 is 0. The fraction of sp³-hybridized carbons (Fsp3) is 0.182. The van der Waals surface area contributed by atoms with Crippen molar-refractivity contribution < 1.29 is 29.6 Å². The van der Waals surface area contributed by atoms with Crippen LogP contribution >= 0.6 is 0 Å².